The smallest absolute Gasteiger partial charge is 0.275 e. The maximum atomic E-state index is 12.4. The second-order valence-electron chi connectivity index (χ2n) is 5.87. The van der Waals surface area contributed by atoms with E-state index in [0.29, 0.717) is 15.7 Å². The minimum Gasteiger partial charge on any atom is -0.325 e. The van der Waals surface area contributed by atoms with E-state index in [-0.39, 0.29) is 11.6 Å². The summed E-state index contributed by atoms with van der Waals surface area (Å²) in [6.07, 6.45) is 4.05. The monoisotopic (exact) mass is 384 g/mol. The van der Waals surface area contributed by atoms with Crippen LogP contribution in [0.5, 0.6) is 0 Å². The molecule has 4 rings (SSSR count). The number of hydrogen-bond donors (Lipinski definition) is 1. The molecular weight excluding hydrogens is 371 g/mol. The van der Waals surface area contributed by atoms with Crippen molar-refractivity contribution in [3.05, 3.63) is 76.2 Å². The molecule has 1 aromatic heterocycles. The molecule has 2 heterocycles. The lowest BCUT2D eigenvalue weighted by Gasteiger charge is -2.17. The van der Waals surface area contributed by atoms with Gasteiger partial charge in [-0.25, -0.2) is 9.97 Å². The van der Waals surface area contributed by atoms with Gasteiger partial charge in [-0.15, -0.1) is 0 Å². The molecule has 0 unspecified atom stereocenters. The number of nitrogens with zero attached hydrogens (tertiary/aromatic N) is 3. The first-order valence-electron chi connectivity index (χ1n) is 8.06. The summed E-state index contributed by atoms with van der Waals surface area (Å²) in [7, 11) is 0. The van der Waals surface area contributed by atoms with Crippen LogP contribution in [0, 0.1) is 0 Å². The number of amides is 1. The lowest BCUT2D eigenvalue weighted by molar-refractivity contribution is 0.102. The van der Waals surface area contributed by atoms with E-state index in [1.165, 1.54) is 11.8 Å². The predicted molar refractivity (Wildman–Crippen MR) is 104 cm³/mol. The third-order valence-electron chi connectivity index (χ3n) is 4.21. The van der Waals surface area contributed by atoms with Crippen molar-refractivity contribution in [1.29, 1.82) is 0 Å². The Labute approximate surface area is 160 Å². The molecule has 0 fully saturated rings. The zero-order valence-electron chi connectivity index (χ0n) is 13.6. The average molecular weight is 385 g/mol. The van der Waals surface area contributed by atoms with E-state index < -0.39 is 0 Å². The molecule has 0 spiro atoms. The Morgan fingerprint density at radius 2 is 1.92 bits per heavy atom. The largest absolute Gasteiger partial charge is 0.325 e. The van der Waals surface area contributed by atoms with Gasteiger partial charge in [-0.1, -0.05) is 41.4 Å². The van der Waals surface area contributed by atoms with Gasteiger partial charge in [-0.3, -0.25) is 4.79 Å². The predicted octanol–water partition coefficient (Wildman–Crippen LogP) is 4.73. The minimum atomic E-state index is -0.380. The van der Waals surface area contributed by atoms with Crippen molar-refractivity contribution < 1.29 is 4.79 Å². The van der Waals surface area contributed by atoms with Crippen LogP contribution >= 0.6 is 23.2 Å². The van der Waals surface area contributed by atoms with Crippen molar-refractivity contribution in [3.63, 3.8) is 0 Å². The summed E-state index contributed by atoms with van der Waals surface area (Å²) in [5, 5.41) is 3.58. The molecule has 26 heavy (non-hydrogen) atoms. The molecule has 130 valence electrons. The van der Waals surface area contributed by atoms with Gasteiger partial charge in [0.1, 0.15) is 5.69 Å². The summed E-state index contributed by atoms with van der Waals surface area (Å²) in [4.78, 5) is 23.1. The molecule has 0 saturated carbocycles. The third kappa shape index (κ3) is 3.23. The maximum Gasteiger partial charge on any atom is 0.275 e. The van der Waals surface area contributed by atoms with Gasteiger partial charge in [-0.2, -0.15) is 0 Å². The zero-order valence-corrected chi connectivity index (χ0v) is 15.1. The van der Waals surface area contributed by atoms with E-state index in [1.54, 1.807) is 24.4 Å². The maximum absolute atomic E-state index is 12.4. The van der Waals surface area contributed by atoms with E-state index in [9.17, 15) is 4.79 Å². The first kappa shape index (κ1) is 16.8. The number of hydrogen-bond acceptors (Lipinski definition) is 4. The van der Waals surface area contributed by atoms with Crippen LogP contribution in [0.3, 0.4) is 0 Å². The number of nitrogens with one attached hydrogen (secondary N) is 1. The summed E-state index contributed by atoms with van der Waals surface area (Å²) < 4.78 is 0. The number of halogens is 2. The Morgan fingerprint density at radius 1 is 1.08 bits per heavy atom. The molecule has 2 aromatic carbocycles. The highest BCUT2D eigenvalue weighted by Gasteiger charge is 2.21. The van der Waals surface area contributed by atoms with E-state index in [4.69, 9.17) is 23.2 Å². The number of carbonyl (C=O) groups excluding carboxylic acids is 1. The number of anilines is 3. The van der Waals surface area contributed by atoms with Gasteiger partial charge in [-0.05, 0) is 36.2 Å². The fraction of sp³-hybridized carbons (Fsp3) is 0.105. The highest BCUT2D eigenvalue weighted by Crippen LogP contribution is 2.32. The van der Waals surface area contributed by atoms with Crippen molar-refractivity contribution in [2.24, 2.45) is 0 Å². The van der Waals surface area contributed by atoms with E-state index >= 15 is 0 Å². The highest BCUT2D eigenvalue weighted by atomic mass is 35.5. The van der Waals surface area contributed by atoms with Gasteiger partial charge in [0.05, 0.1) is 23.1 Å². The molecule has 3 aromatic rings. The number of para-hydroxylation sites is 1. The van der Waals surface area contributed by atoms with Crippen LogP contribution in [-0.4, -0.2) is 22.4 Å². The molecule has 1 N–H and O–H groups in total. The second-order valence-corrected chi connectivity index (χ2v) is 6.71. The third-order valence-corrected chi connectivity index (χ3v) is 4.76. The molecule has 0 radical (unpaired) electrons. The van der Waals surface area contributed by atoms with Crippen LogP contribution in [0.1, 0.15) is 16.1 Å². The van der Waals surface area contributed by atoms with Crippen molar-refractivity contribution in [2.75, 3.05) is 16.8 Å². The fourth-order valence-electron chi connectivity index (χ4n) is 2.93. The topological polar surface area (TPSA) is 58.1 Å². The van der Waals surface area contributed by atoms with Crippen molar-refractivity contribution in [2.45, 2.75) is 6.42 Å². The summed E-state index contributed by atoms with van der Waals surface area (Å²) in [5.41, 5.74) is 3.10. The quantitative estimate of drug-likeness (QED) is 0.708. The van der Waals surface area contributed by atoms with Gasteiger partial charge >= 0.3 is 0 Å². The number of aromatic nitrogens is 2. The minimum absolute atomic E-state index is 0.215. The molecule has 5 nitrogen and oxygen atoms in total. The molecule has 7 heteroatoms. The lowest BCUT2D eigenvalue weighted by Crippen LogP contribution is -2.18. The van der Waals surface area contributed by atoms with Gasteiger partial charge in [0.15, 0.2) is 5.82 Å². The standard InChI is InChI=1S/C19H14Cl2N4O/c20-13-5-6-15(14(21)9-13)24-19(26)16-10-23-18(11-22-16)25-8-7-12-3-1-2-4-17(12)25/h1-6,9-11H,7-8H2,(H,24,26). The Morgan fingerprint density at radius 3 is 2.69 bits per heavy atom. The first-order chi connectivity index (χ1) is 12.6. The van der Waals surface area contributed by atoms with Crippen LogP contribution in [0.15, 0.2) is 54.9 Å². The second kappa shape index (κ2) is 6.94. The number of fused-ring (bicyclic) bond motifs is 1. The molecular formula is C19H14Cl2N4O. The molecule has 0 saturated heterocycles. The summed E-state index contributed by atoms with van der Waals surface area (Å²) in [6, 6.07) is 13.1. The van der Waals surface area contributed by atoms with Gasteiger partial charge in [0, 0.05) is 17.3 Å². The van der Waals surface area contributed by atoms with Crippen molar-refractivity contribution in [1.82, 2.24) is 9.97 Å². The van der Waals surface area contributed by atoms with E-state index in [0.717, 1.165) is 24.5 Å². The number of rotatable bonds is 3. The van der Waals surface area contributed by atoms with Gasteiger partial charge < -0.3 is 10.2 Å². The van der Waals surface area contributed by atoms with Crippen LogP contribution < -0.4 is 10.2 Å². The molecule has 1 amide bonds. The SMILES string of the molecule is O=C(Nc1ccc(Cl)cc1Cl)c1cnc(N2CCc3ccccc32)cn1. The van der Waals surface area contributed by atoms with Crippen LogP contribution in [0.2, 0.25) is 10.0 Å². The van der Waals surface area contributed by atoms with E-state index in [1.807, 2.05) is 12.1 Å². The Bertz CT molecular complexity index is 976. The summed E-state index contributed by atoms with van der Waals surface area (Å²) >= 11 is 11.9. The fourth-order valence-corrected chi connectivity index (χ4v) is 3.39. The molecule has 1 aliphatic heterocycles. The molecule has 1 aliphatic rings. The summed E-state index contributed by atoms with van der Waals surface area (Å²) in [5.74, 6) is 0.339. The number of benzene rings is 2. The normalized spacial score (nSPS) is 12.8. The first-order valence-corrected chi connectivity index (χ1v) is 8.81. The van der Waals surface area contributed by atoms with Gasteiger partial charge in [0.2, 0.25) is 0 Å². The average Bonchev–Trinajstić information content (AvgIpc) is 3.08. The lowest BCUT2D eigenvalue weighted by atomic mass is 10.2. The van der Waals surface area contributed by atoms with Crippen LogP contribution in [0.4, 0.5) is 17.2 Å². The van der Waals surface area contributed by atoms with Crippen LogP contribution in [-0.2, 0) is 6.42 Å². The molecule has 0 atom stereocenters. The summed E-state index contributed by atoms with van der Waals surface area (Å²) in [6.45, 7) is 0.847. The molecule has 0 aliphatic carbocycles. The Balaban J connectivity index is 1.52. The zero-order chi connectivity index (χ0) is 18.1. The molecule has 0 bridgehead atoms. The van der Waals surface area contributed by atoms with Crippen molar-refractivity contribution >= 4 is 46.3 Å². The van der Waals surface area contributed by atoms with E-state index in [2.05, 4.69) is 32.3 Å². The Hall–Kier alpha value is -2.63. The Kier molecular flexibility index (Phi) is 4.49. The van der Waals surface area contributed by atoms with Crippen molar-refractivity contribution in [3.8, 4) is 0 Å². The number of carbonyl (C=O) groups is 1. The highest BCUT2D eigenvalue weighted by molar-refractivity contribution is 6.36. The van der Waals surface area contributed by atoms with Gasteiger partial charge in [0.25, 0.3) is 5.91 Å². The van der Waals surface area contributed by atoms with Crippen LogP contribution in [0.25, 0.3) is 0 Å².